The van der Waals surface area contributed by atoms with E-state index in [9.17, 15) is 20.2 Å². The highest BCUT2D eigenvalue weighted by atomic mass is 16.6. The molecule has 0 amide bonds. The van der Waals surface area contributed by atoms with Crippen LogP contribution in [0.1, 0.15) is 22.3 Å². The zero-order chi connectivity index (χ0) is 25.7. The first-order chi connectivity index (χ1) is 17.4. The minimum Gasteiger partial charge on any atom is -0.497 e. The normalized spacial score (nSPS) is 10.4. The number of methoxy groups -OCH3 is 2. The van der Waals surface area contributed by atoms with E-state index in [1.54, 1.807) is 38.5 Å². The lowest BCUT2D eigenvalue weighted by Crippen LogP contribution is -1.99. The predicted molar refractivity (Wildman–Crippen MR) is 137 cm³/mol. The van der Waals surface area contributed by atoms with Gasteiger partial charge >= 0.3 is 0 Å². The van der Waals surface area contributed by atoms with E-state index in [1.165, 1.54) is 24.3 Å². The smallest absolute Gasteiger partial charge is 0.269 e. The minimum absolute atomic E-state index is 0.0303. The highest BCUT2D eigenvalue weighted by Gasteiger charge is 2.19. The Balaban J connectivity index is 2.04. The second-order valence-electron chi connectivity index (χ2n) is 7.81. The molecular weight excluding hydrogens is 460 g/mol. The van der Waals surface area contributed by atoms with Crippen LogP contribution in [0.2, 0.25) is 0 Å². The minimum atomic E-state index is -0.451. The molecule has 0 fully saturated rings. The first-order valence-electron chi connectivity index (χ1n) is 10.9. The summed E-state index contributed by atoms with van der Waals surface area (Å²) in [6.45, 7) is 0. The number of non-ortho nitro benzene ring substituents is 2. The molecule has 8 nitrogen and oxygen atoms in total. The van der Waals surface area contributed by atoms with Crippen LogP contribution in [0.4, 0.5) is 11.4 Å². The summed E-state index contributed by atoms with van der Waals surface area (Å²) in [5.74, 6) is 1.39. The van der Waals surface area contributed by atoms with E-state index in [0.29, 0.717) is 11.5 Å². The van der Waals surface area contributed by atoms with Crippen LogP contribution in [-0.2, 0) is 0 Å². The van der Waals surface area contributed by atoms with Gasteiger partial charge in [0, 0.05) is 24.3 Å². The van der Waals surface area contributed by atoms with Crippen LogP contribution in [-0.4, -0.2) is 24.1 Å². The highest BCUT2D eigenvalue weighted by Crippen LogP contribution is 2.38. The van der Waals surface area contributed by atoms with E-state index < -0.39 is 9.85 Å². The molecule has 0 unspecified atom stereocenters. The molecule has 0 saturated carbocycles. The van der Waals surface area contributed by atoms with Gasteiger partial charge in [-0.05, 0) is 81.9 Å². The van der Waals surface area contributed by atoms with Gasteiger partial charge < -0.3 is 9.47 Å². The SMILES string of the molecule is COc1ccc(C(=C(c2ccc([N+](=O)[O-])cc2)c2ccc([N+](=O)[O-])cc2)c2ccc(OC)cc2)cc1. The molecule has 0 aliphatic heterocycles. The summed E-state index contributed by atoms with van der Waals surface area (Å²) in [7, 11) is 3.18. The van der Waals surface area contributed by atoms with Gasteiger partial charge in [-0.2, -0.15) is 0 Å². The fourth-order valence-corrected chi connectivity index (χ4v) is 3.93. The molecule has 0 aliphatic rings. The Kier molecular flexibility index (Phi) is 7.06. The van der Waals surface area contributed by atoms with E-state index in [4.69, 9.17) is 9.47 Å². The maximum absolute atomic E-state index is 11.3. The van der Waals surface area contributed by atoms with Crippen LogP contribution in [0, 0.1) is 20.2 Å². The molecule has 36 heavy (non-hydrogen) atoms. The van der Waals surface area contributed by atoms with Crippen LogP contribution in [0.3, 0.4) is 0 Å². The van der Waals surface area contributed by atoms with Crippen LogP contribution in [0.25, 0.3) is 11.1 Å². The van der Waals surface area contributed by atoms with Crippen molar-refractivity contribution in [3.05, 3.63) is 140 Å². The zero-order valence-electron chi connectivity index (χ0n) is 19.6. The van der Waals surface area contributed by atoms with Crippen molar-refractivity contribution in [3.8, 4) is 11.5 Å². The summed E-state index contributed by atoms with van der Waals surface area (Å²) in [5, 5.41) is 22.5. The van der Waals surface area contributed by atoms with Gasteiger partial charge in [-0.25, -0.2) is 0 Å². The van der Waals surface area contributed by atoms with Crippen molar-refractivity contribution in [2.45, 2.75) is 0 Å². The van der Waals surface area contributed by atoms with E-state index in [2.05, 4.69) is 0 Å². The number of ether oxygens (including phenoxy) is 2. The standard InChI is InChI=1S/C28H22N2O6/c1-35-25-15-7-21(8-16-25)28(22-9-17-26(36-2)18-10-22)27(19-3-11-23(12-4-19)29(31)32)20-5-13-24(14-6-20)30(33)34/h3-18H,1-2H3. The fraction of sp³-hybridized carbons (Fsp3) is 0.0714. The van der Waals surface area contributed by atoms with Crippen molar-refractivity contribution in [3.63, 3.8) is 0 Å². The fourth-order valence-electron chi connectivity index (χ4n) is 3.93. The summed E-state index contributed by atoms with van der Waals surface area (Å²) in [6.07, 6.45) is 0. The Morgan fingerprint density at radius 3 is 0.972 bits per heavy atom. The Bertz CT molecular complexity index is 1300. The van der Waals surface area contributed by atoms with Gasteiger partial charge in [0.2, 0.25) is 0 Å². The monoisotopic (exact) mass is 482 g/mol. The Morgan fingerprint density at radius 2 is 0.750 bits per heavy atom. The van der Waals surface area contributed by atoms with E-state index in [0.717, 1.165) is 33.4 Å². The second kappa shape index (κ2) is 10.5. The molecular formula is C28H22N2O6. The molecule has 4 rings (SSSR count). The third-order valence-electron chi connectivity index (χ3n) is 5.74. The van der Waals surface area contributed by atoms with Crippen molar-refractivity contribution in [1.29, 1.82) is 0 Å². The maximum atomic E-state index is 11.3. The number of hydrogen-bond donors (Lipinski definition) is 0. The largest absolute Gasteiger partial charge is 0.497 e. The number of rotatable bonds is 8. The van der Waals surface area contributed by atoms with Crippen LogP contribution in [0.5, 0.6) is 11.5 Å². The van der Waals surface area contributed by atoms with Crippen LogP contribution < -0.4 is 9.47 Å². The number of nitrogens with zero attached hydrogens (tertiary/aromatic N) is 2. The van der Waals surface area contributed by atoms with Crippen molar-refractivity contribution < 1.29 is 19.3 Å². The van der Waals surface area contributed by atoms with Gasteiger partial charge in [0.05, 0.1) is 24.1 Å². The molecule has 0 spiro atoms. The van der Waals surface area contributed by atoms with Gasteiger partial charge in [-0.1, -0.05) is 24.3 Å². The molecule has 0 bridgehead atoms. The first kappa shape index (κ1) is 24.2. The maximum Gasteiger partial charge on any atom is 0.269 e. The molecule has 4 aromatic rings. The topological polar surface area (TPSA) is 105 Å². The molecule has 0 saturated heterocycles. The van der Waals surface area contributed by atoms with E-state index in [1.807, 2.05) is 48.5 Å². The quantitative estimate of drug-likeness (QED) is 0.161. The van der Waals surface area contributed by atoms with Gasteiger partial charge in [-0.15, -0.1) is 0 Å². The summed E-state index contributed by atoms with van der Waals surface area (Å²) in [5.41, 5.74) is 4.71. The lowest BCUT2D eigenvalue weighted by Gasteiger charge is -2.18. The Hall–Kier alpha value is -4.98. The van der Waals surface area contributed by atoms with Crippen molar-refractivity contribution >= 4 is 22.5 Å². The van der Waals surface area contributed by atoms with E-state index in [-0.39, 0.29) is 11.4 Å². The molecule has 8 heteroatoms. The number of nitro benzene ring substituents is 2. The number of benzene rings is 4. The summed E-state index contributed by atoms with van der Waals surface area (Å²) in [4.78, 5) is 21.6. The van der Waals surface area contributed by atoms with Crippen LogP contribution in [0.15, 0.2) is 97.1 Å². The first-order valence-corrected chi connectivity index (χ1v) is 10.9. The summed E-state index contributed by atoms with van der Waals surface area (Å²) >= 11 is 0. The highest BCUT2D eigenvalue weighted by molar-refractivity contribution is 6.04. The van der Waals surface area contributed by atoms with Gasteiger partial charge in [-0.3, -0.25) is 20.2 Å². The molecule has 0 aliphatic carbocycles. The van der Waals surface area contributed by atoms with Crippen LogP contribution >= 0.6 is 0 Å². The Labute approximate surface area is 207 Å². The number of hydrogen-bond acceptors (Lipinski definition) is 6. The Morgan fingerprint density at radius 1 is 0.500 bits per heavy atom. The van der Waals surface area contributed by atoms with Gasteiger partial charge in [0.15, 0.2) is 0 Å². The van der Waals surface area contributed by atoms with Gasteiger partial charge in [0.25, 0.3) is 11.4 Å². The molecule has 0 heterocycles. The third kappa shape index (κ3) is 5.07. The molecule has 0 atom stereocenters. The zero-order valence-corrected chi connectivity index (χ0v) is 19.6. The average Bonchev–Trinajstić information content (AvgIpc) is 2.92. The average molecular weight is 482 g/mol. The van der Waals surface area contributed by atoms with Crippen molar-refractivity contribution in [2.75, 3.05) is 14.2 Å². The lowest BCUT2D eigenvalue weighted by molar-refractivity contribution is -0.385. The third-order valence-corrected chi connectivity index (χ3v) is 5.74. The molecule has 0 aromatic heterocycles. The molecule has 0 N–H and O–H groups in total. The van der Waals surface area contributed by atoms with E-state index >= 15 is 0 Å². The van der Waals surface area contributed by atoms with Crippen molar-refractivity contribution in [1.82, 2.24) is 0 Å². The number of nitro groups is 2. The molecule has 180 valence electrons. The predicted octanol–water partition coefficient (Wildman–Crippen LogP) is 6.53. The molecule has 0 radical (unpaired) electrons. The lowest BCUT2D eigenvalue weighted by atomic mass is 9.85. The van der Waals surface area contributed by atoms with Crippen molar-refractivity contribution in [2.24, 2.45) is 0 Å². The molecule has 4 aromatic carbocycles. The van der Waals surface area contributed by atoms with Gasteiger partial charge in [0.1, 0.15) is 11.5 Å². The summed E-state index contributed by atoms with van der Waals surface area (Å²) < 4.78 is 10.7. The second-order valence-corrected chi connectivity index (χ2v) is 7.81. The summed E-state index contributed by atoms with van der Waals surface area (Å²) in [6, 6.07) is 27.6.